The van der Waals surface area contributed by atoms with Crippen LogP contribution in [-0.2, 0) is 6.42 Å². The molecule has 0 saturated heterocycles. The summed E-state index contributed by atoms with van der Waals surface area (Å²) in [6.45, 7) is 0. The second kappa shape index (κ2) is 5.40. The van der Waals surface area contributed by atoms with Gasteiger partial charge in [0.25, 0.3) is 0 Å². The summed E-state index contributed by atoms with van der Waals surface area (Å²) in [7, 11) is 0. The monoisotopic (exact) mass is 257 g/mol. The molecule has 2 N–H and O–H groups in total. The molecule has 1 aromatic carbocycles. The number of carboxylic acids is 1. The van der Waals surface area contributed by atoms with Crippen molar-refractivity contribution in [1.29, 1.82) is 0 Å². The first-order valence-corrected chi connectivity index (χ1v) is 4.55. The first kappa shape index (κ1) is 13.1. The van der Waals surface area contributed by atoms with Gasteiger partial charge in [0.1, 0.15) is 11.6 Å². The lowest BCUT2D eigenvalue weighted by Gasteiger charge is -1.98. The maximum Gasteiger partial charge on any atom is 0.373 e. The van der Waals surface area contributed by atoms with Crippen LogP contribution in [0.5, 0.6) is 0 Å². The van der Waals surface area contributed by atoms with E-state index < -0.39 is 5.97 Å². The highest BCUT2D eigenvalue weighted by Gasteiger charge is 2.11. The van der Waals surface area contributed by atoms with Crippen molar-refractivity contribution >= 4 is 18.4 Å². The van der Waals surface area contributed by atoms with Crippen LogP contribution in [0, 0.1) is 5.82 Å². The molecule has 2 rings (SSSR count). The first-order valence-electron chi connectivity index (χ1n) is 4.55. The van der Waals surface area contributed by atoms with Gasteiger partial charge < -0.3 is 10.1 Å². The number of nitrogens with one attached hydrogen (secondary N) is 1. The van der Waals surface area contributed by atoms with Gasteiger partial charge in [0.2, 0.25) is 5.82 Å². The number of carbonyl (C=O) groups is 1. The van der Waals surface area contributed by atoms with Crippen molar-refractivity contribution in [2.75, 3.05) is 0 Å². The van der Waals surface area contributed by atoms with E-state index in [9.17, 15) is 9.18 Å². The molecule has 0 amide bonds. The predicted molar refractivity (Wildman–Crippen MR) is 59.8 cm³/mol. The lowest BCUT2D eigenvalue weighted by Crippen LogP contribution is -1.99. The highest BCUT2D eigenvalue weighted by Crippen LogP contribution is 2.10. The third-order valence-electron chi connectivity index (χ3n) is 2.05. The molecule has 0 spiro atoms. The van der Waals surface area contributed by atoms with E-state index in [1.807, 2.05) is 0 Å². The fraction of sp³-hybridized carbons (Fsp3) is 0.100. The molecule has 0 aliphatic carbocycles. The average molecular weight is 258 g/mol. The van der Waals surface area contributed by atoms with Crippen LogP contribution < -0.4 is 0 Å². The van der Waals surface area contributed by atoms with Gasteiger partial charge >= 0.3 is 5.97 Å². The smallest absolute Gasteiger partial charge is 0.373 e. The lowest BCUT2D eigenvalue weighted by molar-refractivity contribution is 0.0684. The van der Waals surface area contributed by atoms with E-state index >= 15 is 0 Å². The van der Waals surface area contributed by atoms with Crippen molar-refractivity contribution in [1.82, 2.24) is 15.2 Å². The fourth-order valence-corrected chi connectivity index (χ4v) is 1.29. The second-order valence-corrected chi connectivity index (χ2v) is 3.19. The maximum atomic E-state index is 13.3. The first-order chi connectivity index (χ1) is 7.66. The normalized spacial score (nSPS) is 9.71. The third kappa shape index (κ3) is 3.01. The van der Waals surface area contributed by atoms with Crippen molar-refractivity contribution in [2.24, 2.45) is 0 Å². The summed E-state index contributed by atoms with van der Waals surface area (Å²) < 4.78 is 13.3. The Morgan fingerprint density at radius 1 is 1.35 bits per heavy atom. The Bertz CT molecular complexity index is 530. The molecule has 17 heavy (non-hydrogen) atoms. The number of hydrogen-bond acceptors (Lipinski definition) is 3. The van der Waals surface area contributed by atoms with Gasteiger partial charge in [-0.05, 0) is 11.6 Å². The summed E-state index contributed by atoms with van der Waals surface area (Å²) in [6.07, 6.45) is 0.187. The number of rotatable bonds is 3. The van der Waals surface area contributed by atoms with Crippen molar-refractivity contribution in [3.8, 4) is 0 Å². The average Bonchev–Trinajstić information content (AvgIpc) is 2.70. The summed E-state index contributed by atoms with van der Waals surface area (Å²) >= 11 is 0. The summed E-state index contributed by atoms with van der Waals surface area (Å²) in [6, 6.07) is 6.23. The topological polar surface area (TPSA) is 78.9 Å². The molecule has 0 bridgehead atoms. The molecule has 0 atom stereocenters. The molecule has 0 saturated carbocycles. The Morgan fingerprint density at radius 3 is 2.65 bits per heavy atom. The number of carboxylic acid groups (broad SMARTS) is 1. The largest absolute Gasteiger partial charge is 0.475 e. The standard InChI is InChI=1S/C10H8FN3O2.ClH/c11-7-4-2-1-3-6(7)5-8-12-9(10(15)16)14-13-8;/h1-4H,5H2,(H,15,16)(H,12,13,14);1H. The molecule has 0 fully saturated rings. The quantitative estimate of drug-likeness (QED) is 0.876. The van der Waals surface area contributed by atoms with Crippen LogP contribution in [0.15, 0.2) is 24.3 Å². The van der Waals surface area contributed by atoms with E-state index in [0.29, 0.717) is 11.4 Å². The molecule has 7 heteroatoms. The Hall–Kier alpha value is -1.95. The summed E-state index contributed by atoms with van der Waals surface area (Å²) in [5.74, 6) is -1.46. The van der Waals surface area contributed by atoms with Crippen LogP contribution in [0.1, 0.15) is 22.0 Å². The Balaban J connectivity index is 0.00000144. The van der Waals surface area contributed by atoms with Crippen LogP contribution in [0.2, 0.25) is 0 Å². The van der Waals surface area contributed by atoms with Gasteiger partial charge in [0, 0.05) is 6.42 Å². The number of hydrogen-bond donors (Lipinski definition) is 2. The van der Waals surface area contributed by atoms with E-state index in [4.69, 9.17) is 5.11 Å². The van der Waals surface area contributed by atoms with Gasteiger partial charge in [-0.15, -0.1) is 22.6 Å². The Labute approximate surface area is 102 Å². The van der Waals surface area contributed by atoms with Gasteiger partial charge in [0.15, 0.2) is 0 Å². The van der Waals surface area contributed by atoms with Crippen LogP contribution >= 0.6 is 12.4 Å². The number of aromatic carboxylic acids is 1. The van der Waals surface area contributed by atoms with Crippen molar-refractivity contribution < 1.29 is 14.3 Å². The van der Waals surface area contributed by atoms with Crippen LogP contribution in [-0.4, -0.2) is 26.3 Å². The zero-order valence-corrected chi connectivity index (χ0v) is 9.37. The van der Waals surface area contributed by atoms with Crippen molar-refractivity contribution in [3.05, 3.63) is 47.3 Å². The molecular weight excluding hydrogens is 249 g/mol. The molecule has 5 nitrogen and oxygen atoms in total. The minimum Gasteiger partial charge on any atom is -0.475 e. The summed E-state index contributed by atoms with van der Waals surface area (Å²) in [5.41, 5.74) is 0.440. The third-order valence-corrected chi connectivity index (χ3v) is 2.05. The van der Waals surface area contributed by atoms with Crippen LogP contribution in [0.4, 0.5) is 4.39 Å². The van der Waals surface area contributed by atoms with E-state index in [1.165, 1.54) is 6.07 Å². The van der Waals surface area contributed by atoms with Gasteiger partial charge in [-0.2, -0.15) is 0 Å². The summed E-state index contributed by atoms with van der Waals surface area (Å²) in [4.78, 5) is 13.0. The molecular formula is C10H9ClFN3O2. The van der Waals surface area contributed by atoms with E-state index in [1.54, 1.807) is 18.2 Å². The van der Waals surface area contributed by atoms with Crippen molar-refractivity contribution in [2.45, 2.75) is 6.42 Å². The Kier molecular flexibility index (Phi) is 4.17. The molecule has 1 heterocycles. The second-order valence-electron chi connectivity index (χ2n) is 3.19. The SMILES string of the molecule is Cl.O=C(O)c1nnc(Cc2ccccc2F)[nH]1. The highest BCUT2D eigenvalue weighted by molar-refractivity contribution is 5.85. The molecule has 0 aliphatic heterocycles. The molecule has 0 unspecified atom stereocenters. The van der Waals surface area contributed by atoms with Gasteiger partial charge in [-0.25, -0.2) is 9.18 Å². The predicted octanol–water partition coefficient (Wildman–Crippen LogP) is 1.65. The minimum atomic E-state index is -1.19. The number of benzene rings is 1. The number of halogens is 2. The number of aromatic nitrogens is 3. The zero-order valence-electron chi connectivity index (χ0n) is 8.55. The number of aromatic amines is 1. The van der Waals surface area contributed by atoms with Crippen molar-refractivity contribution in [3.63, 3.8) is 0 Å². The van der Waals surface area contributed by atoms with Gasteiger partial charge in [-0.1, -0.05) is 18.2 Å². The van der Waals surface area contributed by atoms with E-state index in [0.717, 1.165) is 0 Å². The molecule has 90 valence electrons. The van der Waals surface area contributed by atoms with Crippen LogP contribution in [0.25, 0.3) is 0 Å². The molecule has 2 aromatic rings. The maximum absolute atomic E-state index is 13.3. The van der Waals surface area contributed by atoms with Gasteiger partial charge in [0.05, 0.1) is 0 Å². The summed E-state index contributed by atoms with van der Waals surface area (Å²) in [5, 5.41) is 15.6. The van der Waals surface area contributed by atoms with Gasteiger partial charge in [-0.3, -0.25) is 0 Å². The van der Waals surface area contributed by atoms with E-state index in [-0.39, 0.29) is 30.5 Å². The van der Waals surface area contributed by atoms with Crippen LogP contribution in [0.3, 0.4) is 0 Å². The number of H-pyrrole nitrogens is 1. The minimum absolute atomic E-state index is 0. The lowest BCUT2D eigenvalue weighted by atomic mass is 10.1. The molecule has 1 aromatic heterocycles. The Morgan fingerprint density at radius 2 is 2.06 bits per heavy atom. The highest BCUT2D eigenvalue weighted by atomic mass is 35.5. The zero-order chi connectivity index (χ0) is 11.5. The molecule has 0 aliphatic rings. The fourth-order valence-electron chi connectivity index (χ4n) is 1.29. The number of nitrogens with zero attached hydrogens (tertiary/aromatic N) is 2. The molecule has 0 radical (unpaired) electrons. The van der Waals surface area contributed by atoms with E-state index in [2.05, 4.69) is 15.2 Å².